The van der Waals surface area contributed by atoms with Gasteiger partial charge in [0.2, 0.25) is 0 Å². The van der Waals surface area contributed by atoms with Gasteiger partial charge in [0, 0.05) is 12.7 Å². The predicted molar refractivity (Wildman–Crippen MR) is 47.2 cm³/mol. The highest BCUT2D eigenvalue weighted by molar-refractivity contribution is 6.05. The first kappa shape index (κ1) is 8.71. The number of aromatic nitrogens is 2. The standard InChI is InChI=1S/C9H12N2O/c1-5-8(12)9-6(2)10-11(4)7(9)3/h5H,1H2,2-4H3. The van der Waals surface area contributed by atoms with Gasteiger partial charge in [-0.2, -0.15) is 5.10 Å². The molecule has 0 saturated carbocycles. The highest BCUT2D eigenvalue weighted by Crippen LogP contribution is 2.12. The summed E-state index contributed by atoms with van der Waals surface area (Å²) in [7, 11) is 1.82. The highest BCUT2D eigenvalue weighted by Gasteiger charge is 2.13. The number of hydrogen-bond acceptors (Lipinski definition) is 2. The van der Waals surface area contributed by atoms with Gasteiger partial charge in [-0.15, -0.1) is 0 Å². The summed E-state index contributed by atoms with van der Waals surface area (Å²) in [4.78, 5) is 11.3. The van der Waals surface area contributed by atoms with Crippen molar-refractivity contribution in [2.75, 3.05) is 0 Å². The van der Waals surface area contributed by atoms with Crippen molar-refractivity contribution in [1.29, 1.82) is 0 Å². The van der Waals surface area contributed by atoms with Crippen LogP contribution in [-0.4, -0.2) is 15.6 Å². The van der Waals surface area contributed by atoms with Crippen LogP contribution in [0.25, 0.3) is 0 Å². The quantitative estimate of drug-likeness (QED) is 0.489. The third-order valence-corrected chi connectivity index (χ3v) is 1.94. The molecule has 1 rings (SSSR count). The third kappa shape index (κ3) is 1.18. The van der Waals surface area contributed by atoms with Crippen molar-refractivity contribution in [2.24, 2.45) is 7.05 Å². The molecule has 0 bridgehead atoms. The molecule has 0 aliphatic heterocycles. The monoisotopic (exact) mass is 164 g/mol. The Morgan fingerprint density at radius 2 is 2.17 bits per heavy atom. The maximum absolute atomic E-state index is 11.3. The summed E-state index contributed by atoms with van der Waals surface area (Å²) >= 11 is 0. The Balaban J connectivity index is 3.31. The first-order valence-corrected chi connectivity index (χ1v) is 3.75. The van der Waals surface area contributed by atoms with Crippen molar-refractivity contribution in [3.05, 3.63) is 29.6 Å². The first-order valence-electron chi connectivity index (χ1n) is 3.75. The van der Waals surface area contributed by atoms with E-state index < -0.39 is 0 Å². The van der Waals surface area contributed by atoms with Gasteiger partial charge in [-0.05, 0) is 19.9 Å². The Labute approximate surface area is 71.7 Å². The number of carbonyl (C=O) groups excluding carboxylic acids is 1. The molecular formula is C9H12N2O. The summed E-state index contributed by atoms with van der Waals surface area (Å²) in [6.07, 6.45) is 1.32. The van der Waals surface area contributed by atoms with Crippen LogP contribution in [0.3, 0.4) is 0 Å². The Bertz CT molecular complexity index is 337. The summed E-state index contributed by atoms with van der Waals surface area (Å²) in [5.74, 6) is -0.0573. The van der Waals surface area contributed by atoms with Crippen LogP contribution < -0.4 is 0 Å². The minimum atomic E-state index is -0.0573. The fourth-order valence-electron chi connectivity index (χ4n) is 1.23. The molecule has 0 aromatic carbocycles. The van der Waals surface area contributed by atoms with Gasteiger partial charge in [-0.25, -0.2) is 0 Å². The second-order valence-corrected chi connectivity index (χ2v) is 2.74. The lowest BCUT2D eigenvalue weighted by Crippen LogP contribution is -1.98. The van der Waals surface area contributed by atoms with Gasteiger partial charge in [-0.3, -0.25) is 9.48 Å². The van der Waals surface area contributed by atoms with E-state index in [1.54, 1.807) is 4.68 Å². The van der Waals surface area contributed by atoms with Gasteiger partial charge in [0.05, 0.1) is 11.3 Å². The molecule has 3 nitrogen and oxygen atoms in total. The smallest absolute Gasteiger partial charge is 0.188 e. The molecule has 1 aromatic heterocycles. The highest BCUT2D eigenvalue weighted by atomic mass is 16.1. The molecule has 0 aliphatic rings. The van der Waals surface area contributed by atoms with Gasteiger partial charge in [-0.1, -0.05) is 6.58 Å². The number of rotatable bonds is 2. The number of nitrogens with zero attached hydrogens (tertiary/aromatic N) is 2. The lowest BCUT2D eigenvalue weighted by Gasteiger charge is -1.94. The predicted octanol–water partition coefficient (Wildman–Crippen LogP) is 1.41. The molecule has 0 unspecified atom stereocenters. The molecule has 0 fully saturated rings. The van der Waals surface area contributed by atoms with Crippen LogP contribution in [0.2, 0.25) is 0 Å². The first-order chi connectivity index (χ1) is 5.57. The minimum absolute atomic E-state index is 0.0573. The van der Waals surface area contributed by atoms with Gasteiger partial charge in [0.1, 0.15) is 0 Å². The Kier molecular flexibility index (Phi) is 2.13. The van der Waals surface area contributed by atoms with E-state index in [0.717, 1.165) is 11.4 Å². The molecule has 0 aliphatic carbocycles. The molecule has 1 aromatic rings. The van der Waals surface area contributed by atoms with Gasteiger partial charge in [0.15, 0.2) is 5.78 Å². The van der Waals surface area contributed by atoms with Crippen LogP contribution >= 0.6 is 0 Å². The van der Waals surface area contributed by atoms with Crippen LogP contribution in [0.5, 0.6) is 0 Å². The van der Waals surface area contributed by atoms with E-state index in [2.05, 4.69) is 11.7 Å². The van der Waals surface area contributed by atoms with Crippen molar-refractivity contribution in [2.45, 2.75) is 13.8 Å². The minimum Gasteiger partial charge on any atom is -0.289 e. The molecule has 3 heteroatoms. The maximum Gasteiger partial charge on any atom is 0.188 e. The molecule has 0 radical (unpaired) electrons. The van der Waals surface area contributed by atoms with Gasteiger partial charge >= 0.3 is 0 Å². The van der Waals surface area contributed by atoms with Gasteiger partial charge < -0.3 is 0 Å². The summed E-state index contributed by atoms with van der Waals surface area (Å²) in [6.45, 7) is 7.14. The Morgan fingerprint density at radius 1 is 1.58 bits per heavy atom. The number of allylic oxidation sites excluding steroid dienone is 1. The lowest BCUT2D eigenvalue weighted by atomic mass is 10.1. The van der Waals surface area contributed by atoms with E-state index in [0.29, 0.717) is 5.56 Å². The summed E-state index contributed by atoms with van der Waals surface area (Å²) < 4.78 is 1.70. The largest absolute Gasteiger partial charge is 0.289 e. The number of ketones is 1. The van der Waals surface area contributed by atoms with E-state index in [1.807, 2.05) is 20.9 Å². The van der Waals surface area contributed by atoms with Crippen molar-refractivity contribution >= 4 is 5.78 Å². The van der Waals surface area contributed by atoms with E-state index in [1.165, 1.54) is 6.08 Å². The Morgan fingerprint density at radius 3 is 2.50 bits per heavy atom. The van der Waals surface area contributed by atoms with Crippen LogP contribution in [0.15, 0.2) is 12.7 Å². The number of aryl methyl sites for hydroxylation is 2. The molecule has 1 heterocycles. The molecule has 0 atom stereocenters. The van der Waals surface area contributed by atoms with Crippen LogP contribution in [0.4, 0.5) is 0 Å². The van der Waals surface area contributed by atoms with Crippen LogP contribution in [0.1, 0.15) is 21.7 Å². The van der Waals surface area contributed by atoms with Crippen molar-refractivity contribution in [1.82, 2.24) is 9.78 Å². The van der Waals surface area contributed by atoms with Gasteiger partial charge in [0.25, 0.3) is 0 Å². The zero-order chi connectivity index (χ0) is 9.30. The second-order valence-electron chi connectivity index (χ2n) is 2.74. The molecular weight excluding hydrogens is 152 g/mol. The molecule has 0 amide bonds. The zero-order valence-electron chi connectivity index (χ0n) is 7.59. The van der Waals surface area contributed by atoms with E-state index in [4.69, 9.17) is 0 Å². The Hall–Kier alpha value is -1.38. The summed E-state index contributed by atoms with van der Waals surface area (Å²) in [5.41, 5.74) is 2.32. The average Bonchev–Trinajstić information content (AvgIpc) is 2.26. The second kappa shape index (κ2) is 2.93. The summed E-state index contributed by atoms with van der Waals surface area (Å²) in [6, 6.07) is 0. The van der Waals surface area contributed by atoms with E-state index in [9.17, 15) is 4.79 Å². The lowest BCUT2D eigenvalue weighted by molar-refractivity contribution is 0.104. The van der Waals surface area contributed by atoms with E-state index >= 15 is 0 Å². The zero-order valence-corrected chi connectivity index (χ0v) is 7.59. The fraction of sp³-hybridized carbons (Fsp3) is 0.333. The van der Waals surface area contributed by atoms with Crippen molar-refractivity contribution in [3.8, 4) is 0 Å². The molecule has 64 valence electrons. The van der Waals surface area contributed by atoms with Crippen LogP contribution in [-0.2, 0) is 7.05 Å². The number of carbonyl (C=O) groups is 1. The number of hydrogen-bond donors (Lipinski definition) is 0. The van der Waals surface area contributed by atoms with E-state index in [-0.39, 0.29) is 5.78 Å². The molecule has 0 spiro atoms. The summed E-state index contributed by atoms with van der Waals surface area (Å²) in [5, 5.41) is 4.13. The molecule has 12 heavy (non-hydrogen) atoms. The van der Waals surface area contributed by atoms with Crippen LogP contribution in [0, 0.1) is 13.8 Å². The SMILES string of the molecule is C=CC(=O)c1c(C)nn(C)c1C. The molecule has 0 N–H and O–H groups in total. The maximum atomic E-state index is 11.3. The molecule has 0 saturated heterocycles. The average molecular weight is 164 g/mol. The fourth-order valence-corrected chi connectivity index (χ4v) is 1.23. The normalized spacial score (nSPS) is 9.92. The van der Waals surface area contributed by atoms with Crippen molar-refractivity contribution < 1.29 is 4.79 Å². The third-order valence-electron chi connectivity index (χ3n) is 1.94. The van der Waals surface area contributed by atoms with Crippen molar-refractivity contribution in [3.63, 3.8) is 0 Å². The topological polar surface area (TPSA) is 34.9 Å².